The van der Waals surface area contributed by atoms with Gasteiger partial charge in [-0.2, -0.15) is 0 Å². The minimum atomic E-state index is -0.338. The highest BCUT2D eigenvalue weighted by atomic mass is 32.1. The van der Waals surface area contributed by atoms with Crippen LogP contribution in [0.5, 0.6) is 0 Å². The molecule has 36 heavy (non-hydrogen) atoms. The van der Waals surface area contributed by atoms with Crippen LogP contribution in [0.3, 0.4) is 0 Å². The molecule has 1 saturated carbocycles. The van der Waals surface area contributed by atoms with Crippen molar-refractivity contribution in [3.8, 4) is 0 Å². The van der Waals surface area contributed by atoms with Crippen LogP contribution in [0, 0.1) is 0 Å². The van der Waals surface area contributed by atoms with Gasteiger partial charge in [0.25, 0.3) is 5.91 Å². The second-order valence-electron chi connectivity index (χ2n) is 10.2. The van der Waals surface area contributed by atoms with Gasteiger partial charge in [0.2, 0.25) is 0 Å². The molecule has 0 bridgehead atoms. The minimum absolute atomic E-state index is 0.0400. The number of thiophene rings is 1. The molecule has 3 aliphatic rings. The number of hydrogen-bond acceptors (Lipinski definition) is 6. The van der Waals surface area contributed by atoms with Crippen molar-refractivity contribution in [2.24, 2.45) is 0 Å². The lowest BCUT2D eigenvalue weighted by atomic mass is 9.89. The number of rotatable bonds is 9. The topological polar surface area (TPSA) is 66.9 Å². The van der Waals surface area contributed by atoms with Crippen LogP contribution in [0.1, 0.15) is 64.0 Å². The highest BCUT2D eigenvalue weighted by Gasteiger charge is 2.39. The summed E-state index contributed by atoms with van der Waals surface area (Å²) in [6.07, 6.45) is 4.26. The summed E-state index contributed by atoms with van der Waals surface area (Å²) >= 11 is 1.57. The Kier molecular flexibility index (Phi) is 7.79. The number of Topliss-reactive ketones (excluding diaryl/α,β-unsaturated/α-hetero) is 2. The van der Waals surface area contributed by atoms with Crippen molar-refractivity contribution in [2.75, 3.05) is 26.3 Å². The Balaban J connectivity index is 1.09. The lowest BCUT2D eigenvalue weighted by molar-refractivity contribution is -0.124. The summed E-state index contributed by atoms with van der Waals surface area (Å²) in [6, 6.07) is 8.27. The fraction of sp³-hybridized carbons (Fsp3) is 0.483. The van der Waals surface area contributed by atoms with Crippen LogP contribution in [0.15, 0.2) is 41.8 Å². The molecule has 0 spiro atoms. The molecule has 3 heterocycles. The summed E-state index contributed by atoms with van der Waals surface area (Å²) in [7, 11) is 0. The van der Waals surface area contributed by atoms with Crippen molar-refractivity contribution in [1.82, 2.24) is 9.80 Å². The molecule has 1 amide bonds. The van der Waals surface area contributed by atoms with E-state index in [1.54, 1.807) is 16.2 Å². The minimum Gasteiger partial charge on any atom is -0.379 e. The summed E-state index contributed by atoms with van der Waals surface area (Å²) in [5.74, 6) is 0.303. The lowest BCUT2D eigenvalue weighted by Gasteiger charge is -2.30. The third-order valence-electron chi connectivity index (χ3n) is 7.60. The molecule has 0 N–H and O–H groups in total. The molecule has 7 heteroatoms. The van der Waals surface area contributed by atoms with Crippen molar-refractivity contribution in [3.63, 3.8) is 0 Å². The number of aryl methyl sites for hydroxylation is 2. The maximum Gasteiger partial charge on any atom is 0.255 e. The number of carbonyl (C=O) groups excluding carboxylic acids is 3. The van der Waals surface area contributed by atoms with E-state index in [9.17, 15) is 14.4 Å². The van der Waals surface area contributed by atoms with E-state index in [0.29, 0.717) is 38.6 Å². The first-order valence-corrected chi connectivity index (χ1v) is 13.8. The van der Waals surface area contributed by atoms with Crippen molar-refractivity contribution < 1.29 is 19.1 Å². The molecule has 6 nitrogen and oxygen atoms in total. The van der Waals surface area contributed by atoms with Gasteiger partial charge in [0, 0.05) is 55.7 Å². The van der Waals surface area contributed by atoms with Crippen molar-refractivity contribution in [3.05, 3.63) is 68.9 Å². The smallest absolute Gasteiger partial charge is 0.255 e. The van der Waals surface area contributed by atoms with E-state index in [2.05, 4.69) is 35.7 Å². The molecule has 2 fully saturated rings. The Morgan fingerprint density at radius 3 is 2.53 bits per heavy atom. The zero-order chi connectivity index (χ0) is 25.1. The number of hydrogen-bond donors (Lipinski definition) is 0. The number of allylic oxidation sites excluding steroid dienone is 1. The normalized spacial score (nSPS) is 20.7. The van der Waals surface area contributed by atoms with E-state index in [-0.39, 0.29) is 23.5 Å². The predicted molar refractivity (Wildman–Crippen MR) is 140 cm³/mol. The van der Waals surface area contributed by atoms with E-state index in [0.717, 1.165) is 67.3 Å². The Morgan fingerprint density at radius 2 is 1.78 bits per heavy atom. The maximum atomic E-state index is 13.0. The fourth-order valence-electron chi connectivity index (χ4n) is 5.41. The number of ketones is 2. The summed E-state index contributed by atoms with van der Waals surface area (Å²) in [5.41, 5.74) is 5.18. The van der Waals surface area contributed by atoms with Crippen molar-refractivity contribution in [2.45, 2.75) is 64.1 Å². The monoisotopic (exact) mass is 506 g/mol. The van der Waals surface area contributed by atoms with E-state index in [1.807, 2.05) is 5.38 Å². The summed E-state index contributed by atoms with van der Waals surface area (Å²) < 4.78 is 5.41. The number of carbonyl (C=O) groups is 3. The molecule has 1 unspecified atom stereocenters. The van der Waals surface area contributed by atoms with E-state index in [4.69, 9.17) is 4.74 Å². The highest BCUT2D eigenvalue weighted by molar-refractivity contribution is 7.10. The standard InChI is InChI=1S/C29H34N2O4S/c1-20-2-10-26(27(33)16-20)31-18-24-25(29(31)34)19-36-28(24)11-9-23(32)8-7-21-3-5-22(6-4-21)17-30-12-14-35-15-13-30/h3-6,19,26H,1-2,7-18H2. The van der Waals surface area contributed by atoms with Gasteiger partial charge in [0.15, 0.2) is 5.78 Å². The van der Waals surface area contributed by atoms with Crippen LogP contribution < -0.4 is 0 Å². The van der Waals surface area contributed by atoms with Crippen molar-refractivity contribution >= 4 is 28.8 Å². The first-order chi connectivity index (χ1) is 17.5. The maximum absolute atomic E-state index is 13.0. The largest absolute Gasteiger partial charge is 0.379 e. The molecule has 1 aliphatic carbocycles. The molecule has 0 radical (unpaired) electrons. The number of morpholine rings is 1. The van der Waals surface area contributed by atoms with E-state index < -0.39 is 0 Å². The molecule has 1 atom stereocenters. The highest BCUT2D eigenvalue weighted by Crippen LogP contribution is 2.36. The molecule has 1 aromatic carbocycles. The Hall–Kier alpha value is -2.61. The Bertz CT molecular complexity index is 1150. The second kappa shape index (κ2) is 11.2. The quantitative estimate of drug-likeness (QED) is 0.473. The SMILES string of the molecule is C=C1CCC(N2Cc3c(csc3CCC(=O)CCc3ccc(CN4CCOCC4)cc3)C2=O)C(=O)C1. The number of benzene rings is 1. The summed E-state index contributed by atoms with van der Waals surface area (Å²) in [6.45, 7) is 8.92. The van der Waals surface area contributed by atoms with Gasteiger partial charge in [0.1, 0.15) is 5.78 Å². The van der Waals surface area contributed by atoms with Gasteiger partial charge >= 0.3 is 0 Å². The first kappa shape index (κ1) is 25.1. The Labute approximate surface area is 216 Å². The third kappa shape index (κ3) is 5.69. The van der Waals surface area contributed by atoms with Gasteiger partial charge < -0.3 is 9.64 Å². The van der Waals surface area contributed by atoms with Gasteiger partial charge in [-0.3, -0.25) is 19.3 Å². The molecule has 5 rings (SSSR count). The molecule has 2 aliphatic heterocycles. The fourth-order valence-corrected chi connectivity index (χ4v) is 6.45. The number of fused-ring (bicyclic) bond motifs is 1. The number of nitrogens with zero attached hydrogens (tertiary/aromatic N) is 2. The number of ether oxygens (including phenoxy) is 1. The second-order valence-corrected chi connectivity index (χ2v) is 11.1. The summed E-state index contributed by atoms with van der Waals surface area (Å²) in [4.78, 5) is 43.3. The van der Waals surface area contributed by atoms with Crippen LogP contribution in [0.25, 0.3) is 0 Å². The van der Waals surface area contributed by atoms with Crippen molar-refractivity contribution in [1.29, 1.82) is 0 Å². The molecule has 1 aromatic heterocycles. The van der Waals surface area contributed by atoms with Gasteiger partial charge in [0.05, 0.1) is 24.8 Å². The Morgan fingerprint density at radius 1 is 1.06 bits per heavy atom. The molecule has 1 saturated heterocycles. The summed E-state index contributed by atoms with van der Waals surface area (Å²) in [5, 5.41) is 1.90. The van der Waals surface area contributed by atoms with Crippen LogP contribution in [-0.4, -0.2) is 59.6 Å². The molecule has 2 aromatic rings. The van der Waals surface area contributed by atoms with Crippen LogP contribution >= 0.6 is 11.3 Å². The van der Waals surface area contributed by atoms with Crippen LogP contribution in [-0.2, 0) is 40.3 Å². The molecular weight excluding hydrogens is 472 g/mol. The third-order valence-corrected chi connectivity index (χ3v) is 8.69. The van der Waals surface area contributed by atoms with Gasteiger partial charge in [-0.05, 0) is 42.4 Å². The van der Waals surface area contributed by atoms with Crippen LogP contribution in [0.4, 0.5) is 0 Å². The number of amides is 1. The zero-order valence-electron chi connectivity index (χ0n) is 20.8. The van der Waals surface area contributed by atoms with Gasteiger partial charge in [-0.1, -0.05) is 36.4 Å². The predicted octanol–water partition coefficient (Wildman–Crippen LogP) is 4.35. The molecule has 190 valence electrons. The lowest BCUT2D eigenvalue weighted by Crippen LogP contribution is -2.43. The van der Waals surface area contributed by atoms with Gasteiger partial charge in [-0.15, -0.1) is 11.3 Å². The van der Waals surface area contributed by atoms with E-state index in [1.165, 1.54) is 11.1 Å². The molecular formula is C29H34N2O4S. The average molecular weight is 507 g/mol. The average Bonchev–Trinajstić information content (AvgIpc) is 3.43. The van der Waals surface area contributed by atoms with Crippen LogP contribution in [0.2, 0.25) is 0 Å². The zero-order valence-corrected chi connectivity index (χ0v) is 21.6. The van der Waals surface area contributed by atoms with Gasteiger partial charge in [-0.25, -0.2) is 0 Å². The van der Waals surface area contributed by atoms with E-state index >= 15 is 0 Å². The first-order valence-electron chi connectivity index (χ1n) is 13.0.